The molecule has 0 spiro atoms. The number of rotatable bonds is 2. The van der Waals surface area contributed by atoms with E-state index in [1.807, 2.05) is 0 Å². The Labute approximate surface area is 75.4 Å². The van der Waals surface area contributed by atoms with Crippen LogP contribution in [0.15, 0.2) is 12.1 Å². The number of aromatic nitrogens is 1. The highest BCUT2D eigenvalue weighted by Crippen LogP contribution is 2.24. The molecule has 1 amide bonds. The molecule has 13 heavy (non-hydrogen) atoms. The number of hydrogen-bond donors (Lipinski definition) is 2. The molecule has 0 aliphatic heterocycles. The number of ether oxygens (including phenoxy) is 1. The molecular weight excluding hydrogens is 172 g/mol. The van der Waals surface area contributed by atoms with E-state index in [1.54, 1.807) is 0 Å². The minimum absolute atomic E-state index is 0.0587. The highest BCUT2D eigenvalue weighted by molar-refractivity contribution is 5.87. The number of aromatic hydroxyl groups is 1. The van der Waals surface area contributed by atoms with Crippen LogP contribution in [0.5, 0.6) is 11.6 Å². The second-order valence-electron chi connectivity index (χ2n) is 2.41. The van der Waals surface area contributed by atoms with Gasteiger partial charge in [-0.3, -0.25) is 4.79 Å². The number of hydrogen-bond acceptors (Lipinski definition) is 4. The first kappa shape index (κ1) is 9.31. The summed E-state index contributed by atoms with van der Waals surface area (Å²) in [6.45, 7) is 1.38. The average Bonchev–Trinajstić information content (AvgIpc) is 2.07. The Hall–Kier alpha value is -1.78. The van der Waals surface area contributed by atoms with Gasteiger partial charge in [0.25, 0.3) is 5.88 Å². The summed E-state index contributed by atoms with van der Waals surface area (Å²) in [7, 11) is 1.39. The van der Waals surface area contributed by atoms with E-state index in [0.717, 1.165) is 0 Å². The van der Waals surface area contributed by atoms with Crippen LogP contribution in [0.2, 0.25) is 0 Å². The molecule has 1 aromatic rings. The Balaban J connectivity index is 2.92. The number of carbonyl (C=O) groups excluding carboxylic acids is 1. The first-order valence-corrected chi connectivity index (χ1v) is 3.65. The molecule has 0 saturated carbocycles. The lowest BCUT2D eigenvalue weighted by Crippen LogP contribution is -2.07. The van der Waals surface area contributed by atoms with Crippen LogP contribution >= 0.6 is 0 Å². The quantitative estimate of drug-likeness (QED) is 0.708. The molecule has 1 rings (SSSR count). The van der Waals surface area contributed by atoms with E-state index in [9.17, 15) is 4.79 Å². The SMILES string of the molecule is COc1nc(NC(C)=O)ccc1O. The van der Waals surface area contributed by atoms with Crippen LogP contribution in [0.3, 0.4) is 0 Å². The molecule has 0 fully saturated rings. The molecule has 1 heterocycles. The summed E-state index contributed by atoms with van der Waals surface area (Å²) in [5.41, 5.74) is 0. The Morgan fingerprint density at radius 3 is 2.85 bits per heavy atom. The number of amides is 1. The predicted molar refractivity (Wildman–Crippen MR) is 46.8 cm³/mol. The molecule has 70 valence electrons. The van der Waals surface area contributed by atoms with Crippen molar-refractivity contribution in [2.75, 3.05) is 12.4 Å². The fourth-order valence-corrected chi connectivity index (χ4v) is 0.833. The van der Waals surface area contributed by atoms with Crippen LogP contribution in [0, 0.1) is 0 Å². The van der Waals surface area contributed by atoms with E-state index in [4.69, 9.17) is 9.84 Å². The third kappa shape index (κ3) is 2.33. The van der Waals surface area contributed by atoms with Gasteiger partial charge < -0.3 is 15.2 Å². The van der Waals surface area contributed by atoms with Gasteiger partial charge in [-0.15, -0.1) is 0 Å². The van der Waals surface area contributed by atoms with Crippen molar-refractivity contribution in [2.45, 2.75) is 6.92 Å². The number of nitrogens with zero attached hydrogens (tertiary/aromatic N) is 1. The smallest absolute Gasteiger partial charge is 0.258 e. The van der Waals surface area contributed by atoms with Crippen molar-refractivity contribution < 1.29 is 14.6 Å². The van der Waals surface area contributed by atoms with Crippen molar-refractivity contribution in [3.05, 3.63) is 12.1 Å². The van der Waals surface area contributed by atoms with Crippen molar-refractivity contribution in [3.8, 4) is 11.6 Å². The summed E-state index contributed by atoms with van der Waals surface area (Å²) in [5.74, 6) is 0.158. The number of anilines is 1. The summed E-state index contributed by atoms with van der Waals surface area (Å²) in [4.78, 5) is 14.5. The lowest BCUT2D eigenvalue weighted by molar-refractivity contribution is -0.114. The van der Waals surface area contributed by atoms with Crippen LogP contribution in [0.25, 0.3) is 0 Å². The molecule has 2 N–H and O–H groups in total. The van der Waals surface area contributed by atoms with E-state index in [2.05, 4.69) is 10.3 Å². The van der Waals surface area contributed by atoms with E-state index < -0.39 is 0 Å². The zero-order valence-corrected chi connectivity index (χ0v) is 7.37. The van der Waals surface area contributed by atoms with Gasteiger partial charge in [0.05, 0.1) is 7.11 Å². The Bertz CT molecular complexity index is 325. The van der Waals surface area contributed by atoms with Gasteiger partial charge in [0, 0.05) is 6.92 Å². The van der Waals surface area contributed by atoms with Gasteiger partial charge in [-0.2, -0.15) is 4.98 Å². The fourth-order valence-electron chi connectivity index (χ4n) is 0.833. The molecule has 0 aliphatic carbocycles. The summed E-state index contributed by atoms with van der Waals surface area (Å²) < 4.78 is 4.75. The van der Waals surface area contributed by atoms with Crippen LogP contribution < -0.4 is 10.1 Å². The first-order valence-electron chi connectivity index (χ1n) is 3.65. The fraction of sp³-hybridized carbons (Fsp3) is 0.250. The molecule has 5 heteroatoms. The lowest BCUT2D eigenvalue weighted by Gasteiger charge is -2.04. The summed E-state index contributed by atoms with van der Waals surface area (Å²) in [6, 6.07) is 2.89. The topological polar surface area (TPSA) is 71.5 Å². The van der Waals surface area contributed by atoms with Crippen molar-refractivity contribution in [2.24, 2.45) is 0 Å². The van der Waals surface area contributed by atoms with E-state index in [1.165, 1.54) is 26.2 Å². The van der Waals surface area contributed by atoms with Gasteiger partial charge >= 0.3 is 0 Å². The molecule has 0 atom stereocenters. The maximum absolute atomic E-state index is 10.6. The predicted octanol–water partition coefficient (Wildman–Crippen LogP) is 0.754. The van der Waals surface area contributed by atoms with Gasteiger partial charge in [0.15, 0.2) is 5.75 Å². The molecule has 1 aromatic heterocycles. The molecule has 0 radical (unpaired) electrons. The van der Waals surface area contributed by atoms with Crippen LogP contribution in [-0.2, 0) is 4.79 Å². The van der Waals surface area contributed by atoms with Gasteiger partial charge in [0.2, 0.25) is 5.91 Å². The van der Waals surface area contributed by atoms with Gasteiger partial charge in [-0.1, -0.05) is 0 Å². The maximum Gasteiger partial charge on any atom is 0.258 e. The summed E-state index contributed by atoms with van der Waals surface area (Å²) in [5, 5.41) is 11.6. The minimum atomic E-state index is -0.222. The highest BCUT2D eigenvalue weighted by atomic mass is 16.5. The number of methoxy groups -OCH3 is 1. The molecule has 0 saturated heterocycles. The Kier molecular flexibility index (Phi) is 2.69. The highest BCUT2D eigenvalue weighted by Gasteiger charge is 2.04. The molecule has 0 aromatic carbocycles. The van der Waals surface area contributed by atoms with Gasteiger partial charge in [-0.05, 0) is 12.1 Å². The van der Waals surface area contributed by atoms with E-state index in [0.29, 0.717) is 5.82 Å². The van der Waals surface area contributed by atoms with Crippen molar-refractivity contribution in [1.29, 1.82) is 0 Å². The third-order valence-corrected chi connectivity index (χ3v) is 1.34. The van der Waals surface area contributed by atoms with Crippen LogP contribution in [-0.4, -0.2) is 23.1 Å². The van der Waals surface area contributed by atoms with E-state index in [-0.39, 0.29) is 17.5 Å². The monoisotopic (exact) mass is 182 g/mol. The first-order chi connectivity index (χ1) is 6.13. The minimum Gasteiger partial charge on any atom is -0.503 e. The standard InChI is InChI=1S/C8H10N2O3/c1-5(11)9-7-4-3-6(12)8(10-7)13-2/h3-4,12H,1-2H3,(H,9,10,11). The zero-order chi connectivity index (χ0) is 9.84. The Morgan fingerprint density at radius 1 is 1.62 bits per heavy atom. The molecule has 0 unspecified atom stereocenters. The van der Waals surface area contributed by atoms with Crippen LogP contribution in [0.1, 0.15) is 6.92 Å². The Morgan fingerprint density at radius 2 is 2.31 bits per heavy atom. The molecule has 0 bridgehead atoms. The number of carbonyl (C=O) groups is 1. The second kappa shape index (κ2) is 3.75. The zero-order valence-electron chi connectivity index (χ0n) is 7.37. The number of nitrogens with one attached hydrogen (secondary N) is 1. The second-order valence-corrected chi connectivity index (χ2v) is 2.41. The normalized spacial score (nSPS) is 9.38. The van der Waals surface area contributed by atoms with Crippen molar-refractivity contribution in [1.82, 2.24) is 4.98 Å². The lowest BCUT2D eigenvalue weighted by atomic mass is 10.4. The molecular formula is C8H10N2O3. The van der Waals surface area contributed by atoms with Crippen molar-refractivity contribution >= 4 is 11.7 Å². The van der Waals surface area contributed by atoms with E-state index >= 15 is 0 Å². The molecule has 0 aliphatic rings. The van der Waals surface area contributed by atoms with Crippen molar-refractivity contribution in [3.63, 3.8) is 0 Å². The van der Waals surface area contributed by atoms with Gasteiger partial charge in [-0.25, -0.2) is 0 Å². The van der Waals surface area contributed by atoms with Gasteiger partial charge in [0.1, 0.15) is 5.82 Å². The third-order valence-electron chi connectivity index (χ3n) is 1.34. The summed E-state index contributed by atoms with van der Waals surface area (Å²) >= 11 is 0. The largest absolute Gasteiger partial charge is 0.503 e. The summed E-state index contributed by atoms with van der Waals surface area (Å²) in [6.07, 6.45) is 0. The maximum atomic E-state index is 10.6. The van der Waals surface area contributed by atoms with Crippen LogP contribution in [0.4, 0.5) is 5.82 Å². The molecule has 5 nitrogen and oxygen atoms in total. The average molecular weight is 182 g/mol. The number of pyridine rings is 1.